The standard InChI is InChI=1S/C18H22N4O3/c1-2-3-4-9-19-17-8-6-14(21-22-17)18(23)20-13-5-7-15-16(12-13)25-11-10-24-15/h5-8,12H,2-4,9-11H2,1H3,(H,19,22)(H,20,23). The van der Waals surface area contributed by atoms with Crippen molar-refractivity contribution in [3.8, 4) is 11.5 Å². The Morgan fingerprint density at radius 2 is 1.92 bits per heavy atom. The van der Waals surface area contributed by atoms with Crippen molar-refractivity contribution in [1.29, 1.82) is 0 Å². The van der Waals surface area contributed by atoms with Crippen LogP contribution in [0.5, 0.6) is 11.5 Å². The quantitative estimate of drug-likeness (QED) is 0.752. The van der Waals surface area contributed by atoms with Gasteiger partial charge in [0.2, 0.25) is 0 Å². The summed E-state index contributed by atoms with van der Waals surface area (Å²) in [4.78, 5) is 12.3. The van der Waals surface area contributed by atoms with E-state index in [4.69, 9.17) is 9.47 Å². The maximum Gasteiger partial charge on any atom is 0.276 e. The van der Waals surface area contributed by atoms with Crippen molar-refractivity contribution in [2.45, 2.75) is 26.2 Å². The zero-order chi connectivity index (χ0) is 17.5. The van der Waals surface area contributed by atoms with Crippen LogP contribution in [-0.2, 0) is 0 Å². The molecule has 0 radical (unpaired) electrons. The third kappa shape index (κ3) is 4.59. The number of carbonyl (C=O) groups excluding carboxylic acids is 1. The molecule has 3 rings (SSSR count). The van der Waals surface area contributed by atoms with E-state index in [1.54, 1.807) is 30.3 Å². The number of amides is 1. The predicted octanol–water partition coefficient (Wildman–Crippen LogP) is 3.10. The third-order valence-electron chi connectivity index (χ3n) is 3.78. The van der Waals surface area contributed by atoms with Crippen molar-refractivity contribution in [2.75, 3.05) is 30.4 Å². The van der Waals surface area contributed by atoms with Gasteiger partial charge in [0.25, 0.3) is 5.91 Å². The Kier molecular flexibility index (Phi) is 5.66. The monoisotopic (exact) mass is 342 g/mol. The molecule has 0 unspecified atom stereocenters. The second-order valence-corrected chi connectivity index (χ2v) is 5.75. The molecule has 0 spiro atoms. The summed E-state index contributed by atoms with van der Waals surface area (Å²) in [6.45, 7) is 4.05. The van der Waals surface area contributed by atoms with Gasteiger partial charge in [0.15, 0.2) is 17.2 Å². The van der Waals surface area contributed by atoms with Crippen LogP contribution in [0.1, 0.15) is 36.7 Å². The lowest BCUT2D eigenvalue weighted by Gasteiger charge is -2.18. The molecule has 0 aliphatic carbocycles. The van der Waals surface area contributed by atoms with Gasteiger partial charge in [0, 0.05) is 18.3 Å². The second-order valence-electron chi connectivity index (χ2n) is 5.75. The average Bonchev–Trinajstić information content (AvgIpc) is 2.65. The summed E-state index contributed by atoms with van der Waals surface area (Å²) in [6, 6.07) is 8.70. The Morgan fingerprint density at radius 3 is 2.68 bits per heavy atom. The van der Waals surface area contributed by atoms with Crippen LogP contribution < -0.4 is 20.1 Å². The van der Waals surface area contributed by atoms with Gasteiger partial charge in [-0.3, -0.25) is 4.79 Å². The number of hydrogen-bond donors (Lipinski definition) is 2. The molecule has 1 aromatic heterocycles. The van der Waals surface area contributed by atoms with E-state index in [-0.39, 0.29) is 11.6 Å². The van der Waals surface area contributed by atoms with E-state index < -0.39 is 0 Å². The molecular weight excluding hydrogens is 320 g/mol. The van der Waals surface area contributed by atoms with Crippen molar-refractivity contribution in [1.82, 2.24) is 10.2 Å². The first-order chi connectivity index (χ1) is 12.3. The molecule has 7 nitrogen and oxygen atoms in total. The maximum absolute atomic E-state index is 12.3. The van der Waals surface area contributed by atoms with Crippen LogP contribution in [0.2, 0.25) is 0 Å². The minimum Gasteiger partial charge on any atom is -0.486 e. The molecule has 0 saturated carbocycles. The second kappa shape index (κ2) is 8.32. The number of nitrogens with one attached hydrogen (secondary N) is 2. The van der Waals surface area contributed by atoms with Crippen LogP contribution in [0, 0.1) is 0 Å². The number of hydrogen-bond acceptors (Lipinski definition) is 6. The Labute approximate surface area is 146 Å². The number of carbonyl (C=O) groups is 1. The SMILES string of the molecule is CCCCCNc1ccc(C(=O)Nc2ccc3c(c2)OCCO3)nn1. The highest BCUT2D eigenvalue weighted by Crippen LogP contribution is 2.32. The molecule has 2 N–H and O–H groups in total. The van der Waals surface area contributed by atoms with Gasteiger partial charge in [-0.2, -0.15) is 0 Å². The van der Waals surface area contributed by atoms with E-state index in [9.17, 15) is 4.79 Å². The fraction of sp³-hybridized carbons (Fsp3) is 0.389. The molecule has 2 aromatic rings. The van der Waals surface area contributed by atoms with E-state index >= 15 is 0 Å². The fourth-order valence-corrected chi connectivity index (χ4v) is 2.46. The van der Waals surface area contributed by atoms with E-state index in [0.717, 1.165) is 13.0 Å². The van der Waals surface area contributed by atoms with Crippen LogP contribution in [0.3, 0.4) is 0 Å². The van der Waals surface area contributed by atoms with Crippen LogP contribution in [0.25, 0.3) is 0 Å². The van der Waals surface area contributed by atoms with E-state index in [1.165, 1.54) is 12.8 Å². The molecule has 0 bridgehead atoms. The maximum atomic E-state index is 12.3. The summed E-state index contributed by atoms with van der Waals surface area (Å²) in [5.74, 6) is 1.66. The van der Waals surface area contributed by atoms with E-state index in [1.807, 2.05) is 0 Å². The number of benzene rings is 1. The third-order valence-corrected chi connectivity index (χ3v) is 3.78. The van der Waals surface area contributed by atoms with Crippen molar-refractivity contribution >= 4 is 17.4 Å². The number of ether oxygens (including phenoxy) is 2. The Balaban J connectivity index is 1.57. The minimum absolute atomic E-state index is 0.258. The van der Waals surface area contributed by atoms with Crippen LogP contribution >= 0.6 is 0 Å². The lowest BCUT2D eigenvalue weighted by molar-refractivity contribution is 0.102. The van der Waals surface area contributed by atoms with E-state index in [0.29, 0.717) is 36.2 Å². The van der Waals surface area contributed by atoms with Crippen molar-refractivity contribution in [2.24, 2.45) is 0 Å². The molecule has 0 saturated heterocycles. The molecule has 132 valence electrons. The smallest absolute Gasteiger partial charge is 0.276 e. The Hall–Kier alpha value is -2.83. The molecule has 2 heterocycles. The van der Waals surface area contributed by atoms with Crippen LogP contribution in [0.4, 0.5) is 11.5 Å². The largest absolute Gasteiger partial charge is 0.486 e. The highest BCUT2D eigenvalue weighted by Gasteiger charge is 2.14. The zero-order valence-electron chi connectivity index (χ0n) is 14.2. The van der Waals surface area contributed by atoms with Gasteiger partial charge in [-0.1, -0.05) is 19.8 Å². The number of fused-ring (bicyclic) bond motifs is 1. The van der Waals surface area contributed by atoms with Crippen LogP contribution in [0.15, 0.2) is 30.3 Å². The summed E-state index contributed by atoms with van der Waals surface area (Å²) in [5, 5.41) is 14.0. The normalized spacial score (nSPS) is 12.5. The molecule has 0 atom stereocenters. The highest BCUT2D eigenvalue weighted by atomic mass is 16.6. The number of aromatic nitrogens is 2. The van der Waals surface area contributed by atoms with Gasteiger partial charge in [-0.05, 0) is 30.7 Å². The first-order valence-electron chi connectivity index (χ1n) is 8.55. The lowest BCUT2D eigenvalue weighted by atomic mass is 10.2. The van der Waals surface area contributed by atoms with Crippen molar-refractivity contribution in [3.05, 3.63) is 36.0 Å². The highest BCUT2D eigenvalue weighted by molar-refractivity contribution is 6.02. The molecule has 1 aromatic carbocycles. The van der Waals surface area contributed by atoms with E-state index in [2.05, 4.69) is 27.8 Å². The average molecular weight is 342 g/mol. The fourth-order valence-electron chi connectivity index (χ4n) is 2.46. The van der Waals surface area contributed by atoms with Gasteiger partial charge in [0.1, 0.15) is 19.0 Å². The van der Waals surface area contributed by atoms with Gasteiger partial charge >= 0.3 is 0 Å². The van der Waals surface area contributed by atoms with Gasteiger partial charge in [0.05, 0.1) is 0 Å². The molecule has 7 heteroatoms. The zero-order valence-corrected chi connectivity index (χ0v) is 14.2. The number of rotatable bonds is 7. The topological polar surface area (TPSA) is 85.4 Å². The lowest BCUT2D eigenvalue weighted by Crippen LogP contribution is -2.17. The first kappa shape index (κ1) is 17.0. The Morgan fingerprint density at radius 1 is 1.08 bits per heavy atom. The minimum atomic E-state index is -0.318. The summed E-state index contributed by atoms with van der Waals surface area (Å²) in [5.41, 5.74) is 0.881. The van der Waals surface area contributed by atoms with Crippen LogP contribution in [-0.4, -0.2) is 35.9 Å². The summed E-state index contributed by atoms with van der Waals surface area (Å²) >= 11 is 0. The summed E-state index contributed by atoms with van der Waals surface area (Å²) in [6.07, 6.45) is 3.44. The molecule has 0 fully saturated rings. The van der Waals surface area contributed by atoms with Gasteiger partial charge in [-0.25, -0.2) is 0 Å². The summed E-state index contributed by atoms with van der Waals surface area (Å²) < 4.78 is 11.0. The number of nitrogens with zero attached hydrogens (tertiary/aromatic N) is 2. The van der Waals surface area contributed by atoms with Gasteiger partial charge < -0.3 is 20.1 Å². The number of unbranched alkanes of at least 4 members (excludes halogenated alkanes) is 2. The predicted molar refractivity (Wildman–Crippen MR) is 95.4 cm³/mol. The molecule has 25 heavy (non-hydrogen) atoms. The van der Waals surface area contributed by atoms with Crippen molar-refractivity contribution < 1.29 is 14.3 Å². The van der Waals surface area contributed by atoms with Gasteiger partial charge in [-0.15, -0.1) is 10.2 Å². The molecule has 1 amide bonds. The number of anilines is 2. The Bertz CT molecular complexity index is 719. The first-order valence-corrected chi connectivity index (χ1v) is 8.55. The molecular formula is C18H22N4O3. The van der Waals surface area contributed by atoms with Crippen molar-refractivity contribution in [3.63, 3.8) is 0 Å². The summed E-state index contributed by atoms with van der Waals surface area (Å²) in [7, 11) is 0. The molecule has 1 aliphatic rings. The molecule has 1 aliphatic heterocycles.